The normalized spacial score (nSPS) is 13.4. The summed E-state index contributed by atoms with van der Waals surface area (Å²) in [6.45, 7) is 3.79. The lowest BCUT2D eigenvalue weighted by atomic mass is 10.1. The van der Waals surface area contributed by atoms with Crippen LogP contribution in [0.2, 0.25) is 0 Å². The van der Waals surface area contributed by atoms with E-state index in [-0.39, 0.29) is 5.88 Å². The summed E-state index contributed by atoms with van der Waals surface area (Å²) in [4.78, 5) is 0. The number of aryl methyl sites for hydroxylation is 2. The molecule has 1 atom stereocenters. The highest BCUT2D eigenvalue weighted by molar-refractivity contribution is 6.18. The number of hydrogen-bond donors (Lipinski definition) is 1. The van der Waals surface area contributed by atoms with Crippen molar-refractivity contribution in [1.29, 1.82) is 0 Å². The van der Waals surface area contributed by atoms with Crippen molar-refractivity contribution in [3.05, 3.63) is 17.0 Å². The zero-order valence-electron chi connectivity index (χ0n) is 7.50. The van der Waals surface area contributed by atoms with E-state index in [9.17, 15) is 5.11 Å². The summed E-state index contributed by atoms with van der Waals surface area (Å²) in [6, 6.07) is 0. The van der Waals surface area contributed by atoms with E-state index in [4.69, 9.17) is 11.6 Å². The molecule has 0 aliphatic rings. The van der Waals surface area contributed by atoms with E-state index in [1.54, 1.807) is 4.68 Å². The van der Waals surface area contributed by atoms with E-state index in [2.05, 4.69) is 5.10 Å². The summed E-state index contributed by atoms with van der Waals surface area (Å²) in [5.74, 6) is 0.216. The van der Waals surface area contributed by atoms with Gasteiger partial charge < -0.3 is 5.11 Å². The Balaban J connectivity index is 3.13. The molecular weight excluding hydrogens is 176 g/mol. The summed E-state index contributed by atoms with van der Waals surface area (Å²) in [7, 11) is 1.85. The van der Waals surface area contributed by atoms with E-state index < -0.39 is 6.10 Å². The Bertz CT molecular complexity index is 283. The highest BCUT2D eigenvalue weighted by Crippen LogP contribution is 2.21. The Kier molecular flexibility index (Phi) is 2.75. The molecule has 0 bridgehead atoms. The standard InChI is InChI=1S/C8H13ClN2O/c1-5-8(7(12)4-9)6(2)11(3)10-5/h7,12H,4H2,1-3H3. The van der Waals surface area contributed by atoms with Crippen LogP contribution in [0.15, 0.2) is 0 Å². The van der Waals surface area contributed by atoms with Gasteiger partial charge in [-0.15, -0.1) is 11.6 Å². The fraction of sp³-hybridized carbons (Fsp3) is 0.625. The highest BCUT2D eigenvalue weighted by Gasteiger charge is 2.16. The van der Waals surface area contributed by atoms with Crippen molar-refractivity contribution in [2.24, 2.45) is 7.05 Å². The molecule has 3 nitrogen and oxygen atoms in total. The molecule has 68 valence electrons. The summed E-state index contributed by atoms with van der Waals surface area (Å²) in [5.41, 5.74) is 2.68. The van der Waals surface area contributed by atoms with E-state index in [0.717, 1.165) is 17.0 Å². The van der Waals surface area contributed by atoms with Crippen LogP contribution in [-0.4, -0.2) is 20.8 Å². The first-order valence-electron chi connectivity index (χ1n) is 3.82. The van der Waals surface area contributed by atoms with Gasteiger partial charge in [0.15, 0.2) is 0 Å². The van der Waals surface area contributed by atoms with Gasteiger partial charge in [-0.2, -0.15) is 5.10 Å². The zero-order chi connectivity index (χ0) is 9.30. The Hall–Kier alpha value is -0.540. The van der Waals surface area contributed by atoms with Crippen LogP contribution in [-0.2, 0) is 7.05 Å². The Labute approximate surface area is 77.0 Å². The smallest absolute Gasteiger partial charge is 0.0960 e. The predicted molar refractivity (Wildman–Crippen MR) is 48.4 cm³/mol. The molecule has 1 heterocycles. The second-order valence-electron chi connectivity index (χ2n) is 2.88. The Morgan fingerprint density at radius 1 is 1.58 bits per heavy atom. The lowest BCUT2D eigenvalue weighted by Crippen LogP contribution is -2.02. The maximum atomic E-state index is 9.52. The molecule has 0 aromatic carbocycles. The minimum absolute atomic E-state index is 0.216. The summed E-state index contributed by atoms with van der Waals surface area (Å²) in [5, 5.41) is 13.7. The molecule has 1 rings (SSSR count). The van der Waals surface area contributed by atoms with E-state index in [1.165, 1.54) is 0 Å². The van der Waals surface area contributed by atoms with Crippen LogP contribution in [0, 0.1) is 13.8 Å². The third kappa shape index (κ3) is 1.47. The molecule has 1 aromatic rings. The molecule has 0 radical (unpaired) electrons. The van der Waals surface area contributed by atoms with Gasteiger partial charge in [-0.3, -0.25) is 4.68 Å². The first-order valence-corrected chi connectivity index (χ1v) is 4.35. The van der Waals surface area contributed by atoms with Crippen LogP contribution in [0.5, 0.6) is 0 Å². The maximum absolute atomic E-state index is 9.52. The molecule has 0 fully saturated rings. The number of halogens is 1. The molecule has 0 saturated carbocycles. The van der Waals surface area contributed by atoms with Crippen molar-refractivity contribution in [2.45, 2.75) is 20.0 Å². The lowest BCUT2D eigenvalue weighted by molar-refractivity contribution is 0.201. The molecule has 1 unspecified atom stereocenters. The number of nitrogens with zero attached hydrogens (tertiary/aromatic N) is 2. The van der Waals surface area contributed by atoms with Gasteiger partial charge in [0.1, 0.15) is 0 Å². The average molecular weight is 189 g/mol. The summed E-state index contributed by atoms with van der Waals surface area (Å²) < 4.78 is 1.75. The van der Waals surface area contributed by atoms with Crippen LogP contribution < -0.4 is 0 Å². The van der Waals surface area contributed by atoms with Gasteiger partial charge in [0, 0.05) is 18.3 Å². The van der Waals surface area contributed by atoms with Crippen molar-refractivity contribution in [2.75, 3.05) is 5.88 Å². The molecule has 0 spiro atoms. The lowest BCUT2D eigenvalue weighted by Gasteiger charge is -2.06. The predicted octanol–water partition coefficient (Wildman–Crippen LogP) is 1.31. The van der Waals surface area contributed by atoms with Gasteiger partial charge in [0.05, 0.1) is 17.7 Å². The van der Waals surface area contributed by atoms with Crippen molar-refractivity contribution < 1.29 is 5.11 Å². The molecule has 0 aliphatic heterocycles. The van der Waals surface area contributed by atoms with Crippen LogP contribution in [0.1, 0.15) is 23.1 Å². The first-order chi connectivity index (χ1) is 5.57. The van der Waals surface area contributed by atoms with E-state index in [1.807, 2.05) is 20.9 Å². The van der Waals surface area contributed by atoms with Gasteiger partial charge in [-0.05, 0) is 13.8 Å². The second-order valence-corrected chi connectivity index (χ2v) is 3.19. The van der Waals surface area contributed by atoms with Gasteiger partial charge in [0.2, 0.25) is 0 Å². The van der Waals surface area contributed by atoms with Crippen LogP contribution in [0.25, 0.3) is 0 Å². The quantitative estimate of drug-likeness (QED) is 0.711. The fourth-order valence-electron chi connectivity index (χ4n) is 1.35. The van der Waals surface area contributed by atoms with E-state index in [0.29, 0.717) is 0 Å². The SMILES string of the molecule is Cc1nn(C)c(C)c1C(O)CCl. The van der Waals surface area contributed by atoms with Crippen molar-refractivity contribution in [1.82, 2.24) is 9.78 Å². The minimum Gasteiger partial charge on any atom is -0.387 e. The van der Waals surface area contributed by atoms with Gasteiger partial charge >= 0.3 is 0 Å². The van der Waals surface area contributed by atoms with Crippen LogP contribution in [0.3, 0.4) is 0 Å². The van der Waals surface area contributed by atoms with Crippen molar-refractivity contribution in [3.63, 3.8) is 0 Å². The highest BCUT2D eigenvalue weighted by atomic mass is 35.5. The fourth-order valence-corrected chi connectivity index (χ4v) is 1.50. The number of alkyl halides is 1. The zero-order valence-corrected chi connectivity index (χ0v) is 8.26. The largest absolute Gasteiger partial charge is 0.387 e. The Morgan fingerprint density at radius 3 is 2.50 bits per heavy atom. The third-order valence-corrected chi connectivity index (χ3v) is 2.34. The number of aliphatic hydroxyl groups excluding tert-OH is 1. The molecule has 0 aliphatic carbocycles. The maximum Gasteiger partial charge on any atom is 0.0960 e. The molecule has 12 heavy (non-hydrogen) atoms. The number of hydrogen-bond acceptors (Lipinski definition) is 2. The average Bonchev–Trinajstić information content (AvgIpc) is 2.26. The topological polar surface area (TPSA) is 38.0 Å². The third-order valence-electron chi connectivity index (χ3n) is 2.04. The summed E-state index contributed by atoms with van der Waals surface area (Å²) >= 11 is 5.55. The first kappa shape index (κ1) is 9.55. The van der Waals surface area contributed by atoms with Crippen molar-refractivity contribution >= 4 is 11.6 Å². The number of aliphatic hydroxyl groups is 1. The Morgan fingerprint density at radius 2 is 2.17 bits per heavy atom. The monoisotopic (exact) mass is 188 g/mol. The molecule has 1 N–H and O–H groups in total. The molecule has 1 aromatic heterocycles. The van der Waals surface area contributed by atoms with Gasteiger partial charge in [-0.1, -0.05) is 0 Å². The molecule has 0 saturated heterocycles. The molecule has 0 amide bonds. The van der Waals surface area contributed by atoms with Gasteiger partial charge in [-0.25, -0.2) is 0 Å². The number of rotatable bonds is 2. The molecular formula is C8H13ClN2O. The summed E-state index contributed by atoms with van der Waals surface area (Å²) in [6.07, 6.45) is -0.597. The minimum atomic E-state index is -0.597. The van der Waals surface area contributed by atoms with Crippen molar-refractivity contribution in [3.8, 4) is 0 Å². The van der Waals surface area contributed by atoms with Crippen LogP contribution >= 0.6 is 11.6 Å². The van der Waals surface area contributed by atoms with Gasteiger partial charge in [0.25, 0.3) is 0 Å². The van der Waals surface area contributed by atoms with E-state index >= 15 is 0 Å². The second kappa shape index (κ2) is 3.46. The molecule has 4 heteroatoms. The van der Waals surface area contributed by atoms with Crippen LogP contribution in [0.4, 0.5) is 0 Å². The number of aromatic nitrogens is 2.